The molecular weight excluding hydrogens is 468 g/mol. The van der Waals surface area contributed by atoms with Gasteiger partial charge in [0.25, 0.3) is 0 Å². The molecule has 194 valence electrons. The summed E-state index contributed by atoms with van der Waals surface area (Å²) in [6, 6.07) is 18.5. The SMILES string of the molecule is COC(=O)CC1COc2cc(OCc3cccc(-c4c(C)cc(OCC5CCCO5)cc4C)c3)ccc21. The lowest BCUT2D eigenvalue weighted by molar-refractivity contribution is -0.141. The van der Waals surface area contributed by atoms with Crippen molar-refractivity contribution in [3.05, 3.63) is 76.9 Å². The Morgan fingerprint density at radius 2 is 1.84 bits per heavy atom. The second kappa shape index (κ2) is 11.3. The van der Waals surface area contributed by atoms with Crippen LogP contribution in [0.3, 0.4) is 0 Å². The third kappa shape index (κ3) is 5.91. The highest BCUT2D eigenvalue weighted by Gasteiger charge is 2.27. The van der Waals surface area contributed by atoms with Crippen molar-refractivity contribution in [1.29, 1.82) is 0 Å². The van der Waals surface area contributed by atoms with E-state index in [9.17, 15) is 4.79 Å². The molecule has 0 aromatic heterocycles. The highest BCUT2D eigenvalue weighted by molar-refractivity contribution is 5.72. The smallest absolute Gasteiger partial charge is 0.306 e. The molecule has 6 nitrogen and oxygen atoms in total. The van der Waals surface area contributed by atoms with Crippen LogP contribution in [0.25, 0.3) is 11.1 Å². The first-order valence-corrected chi connectivity index (χ1v) is 12.9. The van der Waals surface area contributed by atoms with E-state index in [1.807, 2.05) is 18.2 Å². The first-order valence-electron chi connectivity index (χ1n) is 12.9. The molecule has 2 aliphatic heterocycles. The molecule has 0 radical (unpaired) electrons. The second-order valence-electron chi connectivity index (χ2n) is 9.85. The Bertz CT molecular complexity index is 1240. The van der Waals surface area contributed by atoms with Crippen molar-refractivity contribution in [2.45, 2.75) is 51.7 Å². The Morgan fingerprint density at radius 3 is 2.59 bits per heavy atom. The average molecular weight is 503 g/mol. The first-order chi connectivity index (χ1) is 18.0. The number of rotatable bonds is 9. The first kappa shape index (κ1) is 25.2. The van der Waals surface area contributed by atoms with Gasteiger partial charge in [0.2, 0.25) is 0 Å². The third-order valence-electron chi connectivity index (χ3n) is 7.09. The summed E-state index contributed by atoms with van der Waals surface area (Å²) in [5.41, 5.74) is 6.84. The van der Waals surface area contributed by atoms with E-state index >= 15 is 0 Å². The molecule has 0 bridgehead atoms. The van der Waals surface area contributed by atoms with E-state index in [2.05, 4.69) is 50.2 Å². The molecule has 2 atom stereocenters. The van der Waals surface area contributed by atoms with Crippen molar-refractivity contribution in [3.63, 3.8) is 0 Å². The Kier molecular flexibility index (Phi) is 7.65. The molecule has 0 spiro atoms. The lowest BCUT2D eigenvalue weighted by atomic mass is 9.94. The lowest BCUT2D eigenvalue weighted by Crippen LogP contribution is -2.16. The molecule has 0 N–H and O–H groups in total. The predicted molar refractivity (Wildman–Crippen MR) is 141 cm³/mol. The normalized spacial score (nSPS) is 18.2. The monoisotopic (exact) mass is 502 g/mol. The number of esters is 1. The van der Waals surface area contributed by atoms with Gasteiger partial charge in [0.05, 0.1) is 26.2 Å². The molecule has 0 saturated carbocycles. The van der Waals surface area contributed by atoms with Gasteiger partial charge in [0.1, 0.15) is 30.5 Å². The molecule has 1 saturated heterocycles. The summed E-state index contributed by atoms with van der Waals surface area (Å²) >= 11 is 0. The van der Waals surface area contributed by atoms with E-state index in [4.69, 9.17) is 23.7 Å². The summed E-state index contributed by atoms with van der Waals surface area (Å²) in [5.74, 6) is 2.19. The summed E-state index contributed by atoms with van der Waals surface area (Å²) < 4.78 is 28.4. The Labute approximate surface area is 218 Å². The Morgan fingerprint density at radius 1 is 1.00 bits per heavy atom. The van der Waals surface area contributed by atoms with Gasteiger partial charge in [0.15, 0.2) is 0 Å². The fraction of sp³-hybridized carbons (Fsp3) is 0.387. The van der Waals surface area contributed by atoms with Crippen LogP contribution in [0.1, 0.15) is 47.4 Å². The van der Waals surface area contributed by atoms with E-state index in [1.54, 1.807) is 0 Å². The van der Waals surface area contributed by atoms with Crippen molar-refractivity contribution in [2.24, 2.45) is 0 Å². The van der Waals surface area contributed by atoms with Crippen molar-refractivity contribution in [3.8, 4) is 28.4 Å². The number of fused-ring (bicyclic) bond motifs is 1. The van der Waals surface area contributed by atoms with Gasteiger partial charge in [-0.2, -0.15) is 0 Å². The van der Waals surface area contributed by atoms with Gasteiger partial charge in [0, 0.05) is 24.2 Å². The van der Waals surface area contributed by atoms with Gasteiger partial charge in [-0.3, -0.25) is 4.79 Å². The van der Waals surface area contributed by atoms with Crippen LogP contribution in [0.15, 0.2) is 54.6 Å². The minimum absolute atomic E-state index is 0.0208. The highest BCUT2D eigenvalue weighted by atomic mass is 16.5. The standard InChI is InChI=1S/C31H34O6/c1-20-12-27(36-19-26-8-5-11-34-26)13-21(2)31(20)23-7-4-6-22(14-23)17-35-25-9-10-28-24(15-30(32)33-3)18-37-29(28)16-25/h4,6-7,9-10,12-14,16,24,26H,5,8,11,15,17-19H2,1-3H3. The molecule has 3 aromatic rings. The van der Waals surface area contributed by atoms with Crippen LogP contribution in [0.5, 0.6) is 17.2 Å². The van der Waals surface area contributed by atoms with E-state index in [1.165, 1.54) is 23.8 Å². The summed E-state index contributed by atoms with van der Waals surface area (Å²) in [6.45, 7) is 6.62. The van der Waals surface area contributed by atoms with Gasteiger partial charge in [-0.05, 0) is 78.8 Å². The maximum absolute atomic E-state index is 11.7. The van der Waals surface area contributed by atoms with Crippen LogP contribution in [-0.4, -0.2) is 39.0 Å². The van der Waals surface area contributed by atoms with Gasteiger partial charge < -0.3 is 23.7 Å². The van der Waals surface area contributed by atoms with Crippen LogP contribution >= 0.6 is 0 Å². The molecule has 1 fully saturated rings. The molecule has 0 aliphatic carbocycles. The molecule has 37 heavy (non-hydrogen) atoms. The van der Waals surface area contributed by atoms with Crippen LogP contribution in [0.4, 0.5) is 0 Å². The van der Waals surface area contributed by atoms with E-state index < -0.39 is 0 Å². The van der Waals surface area contributed by atoms with E-state index in [0.717, 1.165) is 53.4 Å². The van der Waals surface area contributed by atoms with Gasteiger partial charge in [-0.1, -0.05) is 24.3 Å². The Hall–Kier alpha value is -3.51. The maximum atomic E-state index is 11.7. The number of carbonyl (C=O) groups is 1. The summed E-state index contributed by atoms with van der Waals surface area (Å²) in [7, 11) is 1.41. The van der Waals surface area contributed by atoms with Crippen molar-refractivity contribution in [1.82, 2.24) is 0 Å². The molecule has 2 heterocycles. The van der Waals surface area contributed by atoms with Crippen molar-refractivity contribution in [2.75, 3.05) is 26.9 Å². The van der Waals surface area contributed by atoms with Gasteiger partial charge in [-0.25, -0.2) is 0 Å². The van der Waals surface area contributed by atoms with Gasteiger partial charge >= 0.3 is 5.97 Å². The zero-order valence-electron chi connectivity index (χ0n) is 21.8. The number of carbonyl (C=O) groups excluding carboxylic acids is 1. The second-order valence-corrected chi connectivity index (χ2v) is 9.85. The minimum atomic E-state index is -0.229. The summed E-state index contributed by atoms with van der Waals surface area (Å²) in [5, 5.41) is 0. The topological polar surface area (TPSA) is 63.2 Å². The van der Waals surface area contributed by atoms with E-state index in [-0.39, 0.29) is 18.0 Å². The molecule has 0 amide bonds. The number of hydrogen-bond donors (Lipinski definition) is 0. The van der Waals surface area contributed by atoms with Crippen LogP contribution in [0, 0.1) is 13.8 Å². The van der Waals surface area contributed by atoms with Crippen molar-refractivity contribution >= 4 is 5.97 Å². The van der Waals surface area contributed by atoms with Crippen LogP contribution < -0.4 is 14.2 Å². The van der Waals surface area contributed by atoms with Crippen LogP contribution in [0.2, 0.25) is 0 Å². The Balaban J connectivity index is 1.24. The molecule has 3 aromatic carbocycles. The quantitative estimate of drug-likeness (QED) is 0.327. The number of hydrogen-bond acceptors (Lipinski definition) is 6. The fourth-order valence-electron chi connectivity index (χ4n) is 5.21. The zero-order chi connectivity index (χ0) is 25.8. The van der Waals surface area contributed by atoms with Crippen molar-refractivity contribution < 1.29 is 28.5 Å². The predicted octanol–water partition coefficient (Wildman–Crippen LogP) is 6.15. The van der Waals surface area contributed by atoms with Crippen LogP contribution in [-0.2, 0) is 20.9 Å². The zero-order valence-corrected chi connectivity index (χ0v) is 21.8. The number of ether oxygens (including phenoxy) is 5. The molecular formula is C31H34O6. The maximum Gasteiger partial charge on any atom is 0.306 e. The summed E-state index contributed by atoms with van der Waals surface area (Å²) in [6.07, 6.45) is 2.70. The average Bonchev–Trinajstić information content (AvgIpc) is 3.56. The molecule has 2 aliphatic rings. The lowest BCUT2D eigenvalue weighted by Gasteiger charge is -2.16. The largest absolute Gasteiger partial charge is 0.492 e. The number of methoxy groups -OCH3 is 1. The molecule has 6 heteroatoms. The molecule has 2 unspecified atom stereocenters. The number of aryl methyl sites for hydroxylation is 2. The summed E-state index contributed by atoms with van der Waals surface area (Å²) in [4.78, 5) is 11.7. The van der Waals surface area contributed by atoms with Gasteiger partial charge in [-0.15, -0.1) is 0 Å². The third-order valence-corrected chi connectivity index (χ3v) is 7.09. The highest BCUT2D eigenvalue weighted by Crippen LogP contribution is 2.39. The number of benzene rings is 3. The minimum Gasteiger partial charge on any atom is -0.492 e. The molecule has 5 rings (SSSR count). The van der Waals surface area contributed by atoms with E-state index in [0.29, 0.717) is 26.2 Å². The fourth-order valence-corrected chi connectivity index (χ4v) is 5.21.